The molecule has 1 amide bonds. The van der Waals surface area contributed by atoms with E-state index in [1.165, 1.54) is 0 Å². The fraction of sp³-hybridized carbons (Fsp3) is 0.480. The Hall–Kier alpha value is -2.93. The van der Waals surface area contributed by atoms with E-state index in [0.29, 0.717) is 37.1 Å². The van der Waals surface area contributed by atoms with Crippen LogP contribution in [-0.2, 0) is 13.0 Å². The van der Waals surface area contributed by atoms with Gasteiger partial charge in [-0.25, -0.2) is 4.98 Å². The minimum Gasteiger partial charge on any atom is -0.451 e. The monoisotopic (exact) mass is 434 g/mol. The van der Waals surface area contributed by atoms with Gasteiger partial charge in [0.1, 0.15) is 11.4 Å². The summed E-state index contributed by atoms with van der Waals surface area (Å²) >= 11 is 0. The number of furan rings is 1. The number of nitrogens with zero attached hydrogens (tertiary/aromatic N) is 3. The Morgan fingerprint density at radius 2 is 2.06 bits per heavy atom. The van der Waals surface area contributed by atoms with E-state index in [1.807, 2.05) is 30.9 Å². The molecule has 7 nitrogen and oxygen atoms in total. The molecule has 7 heteroatoms. The molecular weight excluding hydrogens is 404 g/mol. The van der Waals surface area contributed by atoms with Gasteiger partial charge in [0.05, 0.1) is 11.7 Å². The Labute approximate surface area is 187 Å². The number of benzene rings is 1. The fourth-order valence-electron chi connectivity index (χ4n) is 5.04. The summed E-state index contributed by atoms with van der Waals surface area (Å²) in [4.78, 5) is 38.4. The number of nitrogens with one attached hydrogen (secondary N) is 1. The van der Waals surface area contributed by atoms with Gasteiger partial charge in [0.2, 0.25) is 0 Å². The zero-order valence-electron chi connectivity index (χ0n) is 19.2. The van der Waals surface area contributed by atoms with Crippen LogP contribution in [0.4, 0.5) is 0 Å². The molecule has 1 saturated heterocycles. The third-order valence-corrected chi connectivity index (χ3v) is 6.97. The Bertz CT molecular complexity index is 1260. The van der Waals surface area contributed by atoms with Crippen LogP contribution in [-0.4, -0.2) is 44.8 Å². The molecule has 0 saturated carbocycles. The number of amides is 1. The lowest BCUT2D eigenvalue weighted by atomic mass is 10.0. The van der Waals surface area contributed by atoms with Gasteiger partial charge in [0, 0.05) is 42.2 Å². The van der Waals surface area contributed by atoms with E-state index in [9.17, 15) is 9.59 Å². The van der Waals surface area contributed by atoms with E-state index in [2.05, 4.69) is 29.8 Å². The molecule has 1 aromatic carbocycles. The summed E-state index contributed by atoms with van der Waals surface area (Å²) in [5.74, 6) is 0.835. The van der Waals surface area contributed by atoms with Crippen molar-refractivity contribution in [2.24, 2.45) is 0 Å². The second-order valence-corrected chi connectivity index (χ2v) is 9.40. The van der Waals surface area contributed by atoms with Crippen LogP contribution in [0.5, 0.6) is 0 Å². The number of carbonyl (C=O) groups excluding carboxylic acids is 1. The predicted octanol–water partition coefficient (Wildman–Crippen LogP) is 3.88. The molecule has 3 aromatic rings. The fourth-order valence-corrected chi connectivity index (χ4v) is 5.04. The van der Waals surface area contributed by atoms with Crippen LogP contribution in [0.25, 0.3) is 11.0 Å². The number of aromatic amines is 1. The zero-order valence-corrected chi connectivity index (χ0v) is 19.2. The first kappa shape index (κ1) is 20.9. The van der Waals surface area contributed by atoms with Crippen molar-refractivity contribution in [3.63, 3.8) is 0 Å². The quantitative estimate of drug-likeness (QED) is 0.677. The number of hydrogen-bond acceptors (Lipinski definition) is 5. The van der Waals surface area contributed by atoms with Crippen LogP contribution in [0.1, 0.15) is 71.5 Å². The first-order valence-electron chi connectivity index (χ1n) is 11.5. The minimum absolute atomic E-state index is 0.0666. The third-order valence-electron chi connectivity index (χ3n) is 6.97. The number of likely N-dealkylation sites (tertiary alicyclic amines) is 1. The summed E-state index contributed by atoms with van der Waals surface area (Å²) in [5, 5.41) is 0.971. The lowest BCUT2D eigenvalue weighted by molar-refractivity contribution is 0.0698. The topological polar surface area (TPSA) is 82.4 Å². The Morgan fingerprint density at radius 1 is 1.25 bits per heavy atom. The number of rotatable bonds is 3. The van der Waals surface area contributed by atoms with Crippen LogP contribution in [0.3, 0.4) is 0 Å². The van der Waals surface area contributed by atoms with E-state index < -0.39 is 0 Å². The van der Waals surface area contributed by atoms with E-state index >= 15 is 0 Å². The van der Waals surface area contributed by atoms with Gasteiger partial charge >= 0.3 is 0 Å². The standard InChI is InChI=1S/C25H30N4O3/c1-14(2)28-11-9-17-19(13-28)26-23(27-24(17)30)20-6-5-10-29(20)25(31)22-16(4)18-12-15(3)7-8-21(18)32-22/h7-8,12,14,20H,5-6,9-11,13H2,1-4H3,(H,26,27,30). The molecule has 2 aromatic heterocycles. The number of hydrogen-bond donors (Lipinski definition) is 1. The molecule has 2 aliphatic heterocycles. The van der Waals surface area contributed by atoms with E-state index in [1.54, 1.807) is 0 Å². The summed E-state index contributed by atoms with van der Waals surface area (Å²) in [7, 11) is 0. The molecular formula is C25H30N4O3. The largest absolute Gasteiger partial charge is 0.451 e. The summed E-state index contributed by atoms with van der Waals surface area (Å²) < 4.78 is 5.98. The highest BCUT2D eigenvalue weighted by Gasteiger charge is 2.36. The van der Waals surface area contributed by atoms with Crippen LogP contribution in [0, 0.1) is 13.8 Å². The van der Waals surface area contributed by atoms with Gasteiger partial charge < -0.3 is 14.3 Å². The normalized spacial score (nSPS) is 19.2. The zero-order chi connectivity index (χ0) is 22.6. The first-order valence-corrected chi connectivity index (χ1v) is 11.5. The molecule has 4 heterocycles. The van der Waals surface area contributed by atoms with Crippen molar-refractivity contribution in [2.45, 2.75) is 65.6 Å². The van der Waals surface area contributed by atoms with Gasteiger partial charge in [0.25, 0.3) is 11.5 Å². The van der Waals surface area contributed by atoms with Crippen LogP contribution in [0.2, 0.25) is 0 Å². The molecule has 1 fully saturated rings. The molecule has 2 aliphatic rings. The smallest absolute Gasteiger partial charge is 0.290 e. The number of fused-ring (bicyclic) bond motifs is 2. The van der Waals surface area contributed by atoms with Crippen molar-refractivity contribution in [3.8, 4) is 0 Å². The third kappa shape index (κ3) is 3.45. The summed E-state index contributed by atoms with van der Waals surface area (Å²) in [6.07, 6.45) is 2.36. The molecule has 1 N–H and O–H groups in total. The highest BCUT2D eigenvalue weighted by Crippen LogP contribution is 2.34. The van der Waals surface area contributed by atoms with Gasteiger partial charge in [-0.05, 0) is 59.1 Å². The van der Waals surface area contributed by atoms with Gasteiger partial charge in [-0.15, -0.1) is 0 Å². The van der Waals surface area contributed by atoms with E-state index in [4.69, 9.17) is 9.40 Å². The van der Waals surface area contributed by atoms with Gasteiger partial charge in [0.15, 0.2) is 5.76 Å². The highest BCUT2D eigenvalue weighted by molar-refractivity contribution is 5.99. The molecule has 1 atom stereocenters. The van der Waals surface area contributed by atoms with Gasteiger partial charge in [-0.1, -0.05) is 11.6 Å². The second kappa shape index (κ2) is 7.89. The van der Waals surface area contributed by atoms with Crippen molar-refractivity contribution in [1.82, 2.24) is 19.8 Å². The molecule has 5 rings (SSSR count). The molecule has 0 aliphatic carbocycles. The van der Waals surface area contributed by atoms with Gasteiger partial charge in [-0.2, -0.15) is 0 Å². The Kier molecular flexibility index (Phi) is 5.16. The van der Waals surface area contributed by atoms with Gasteiger partial charge in [-0.3, -0.25) is 14.5 Å². The summed E-state index contributed by atoms with van der Waals surface area (Å²) in [6.45, 7) is 10.4. The lowest BCUT2D eigenvalue weighted by Gasteiger charge is -2.31. The summed E-state index contributed by atoms with van der Waals surface area (Å²) in [5.41, 5.74) is 4.28. The maximum absolute atomic E-state index is 13.5. The van der Waals surface area contributed by atoms with Crippen molar-refractivity contribution in [1.29, 1.82) is 0 Å². The number of carbonyl (C=O) groups is 1. The molecule has 0 spiro atoms. The van der Waals surface area contributed by atoms with Crippen LogP contribution >= 0.6 is 0 Å². The molecule has 0 bridgehead atoms. The number of aromatic nitrogens is 2. The Balaban J connectivity index is 1.49. The SMILES string of the molecule is Cc1ccc2oc(C(=O)N3CCCC3c3nc4c(c(=O)[nH]3)CCN(C(C)C)C4)c(C)c2c1. The van der Waals surface area contributed by atoms with Crippen molar-refractivity contribution >= 4 is 16.9 Å². The van der Waals surface area contributed by atoms with Crippen molar-refractivity contribution in [2.75, 3.05) is 13.1 Å². The summed E-state index contributed by atoms with van der Waals surface area (Å²) in [6, 6.07) is 6.11. The minimum atomic E-state index is -0.246. The van der Waals surface area contributed by atoms with Crippen LogP contribution in [0.15, 0.2) is 27.4 Å². The van der Waals surface area contributed by atoms with Crippen molar-refractivity contribution < 1.29 is 9.21 Å². The number of H-pyrrole nitrogens is 1. The highest BCUT2D eigenvalue weighted by atomic mass is 16.3. The van der Waals surface area contributed by atoms with Crippen LogP contribution < -0.4 is 5.56 Å². The maximum Gasteiger partial charge on any atom is 0.290 e. The van der Waals surface area contributed by atoms with E-state index in [0.717, 1.165) is 52.7 Å². The molecule has 168 valence electrons. The lowest BCUT2D eigenvalue weighted by Crippen LogP contribution is -2.40. The maximum atomic E-state index is 13.5. The average Bonchev–Trinajstić information content (AvgIpc) is 3.38. The first-order chi connectivity index (χ1) is 15.3. The number of aryl methyl sites for hydroxylation is 2. The average molecular weight is 435 g/mol. The molecule has 0 radical (unpaired) electrons. The predicted molar refractivity (Wildman–Crippen MR) is 123 cm³/mol. The molecule has 1 unspecified atom stereocenters. The molecule has 32 heavy (non-hydrogen) atoms. The van der Waals surface area contributed by atoms with E-state index in [-0.39, 0.29) is 17.5 Å². The second-order valence-electron chi connectivity index (χ2n) is 9.40. The Morgan fingerprint density at radius 3 is 2.84 bits per heavy atom. The van der Waals surface area contributed by atoms with Crippen molar-refractivity contribution in [3.05, 3.63) is 62.5 Å².